The molecule has 0 radical (unpaired) electrons. The second-order valence-electron chi connectivity index (χ2n) is 4.64. The van der Waals surface area contributed by atoms with E-state index in [-0.39, 0.29) is 16.9 Å². The fraction of sp³-hybridized carbons (Fsp3) is 0.214. The Balaban J connectivity index is 2.14. The van der Waals surface area contributed by atoms with Crippen molar-refractivity contribution in [3.05, 3.63) is 35.5 Å². The minimum Gasteiger partial charge on any atom is -0.437 e. The maximum absolute atomic E-state index is 10.6. The number of aromatic nitrogens is 2. The molecule has 0 saturated carbocycles. The van der Waals surface area contributed by atoms with Gasteiger partial charge in [0.15, 0.2) is 0 Å². The van der Waals surface area contributed by atoms with Crippen LogP contribution in [0.15, 0.2) is 30.5 Å². The summed E-state index contributed by atoms with van der Waals surface area (Å²) in [7, 11) is 0. The van der Waals surface area contributed by atoms with Gasteiger partial charge in [-0.2, -0.15) is 4.98 Å². The first-order valence-electron chi connectivity index (χ1n) is 6.48. The zero-order valence-electron chi connectivity index (χ0n) is 12.0. The summed E-state index contributed by atoms with van der Waals surface area (Å²) in [5.74, 6) is 1.44. The highest BCUT2D eigenvalue weighted by atomic mass is 35.5. The van der Waals surface area contributed by atoms with Crippen LogP contribution in [0.5, 0.6) is 17.4 Å². The number of anilines is 1. The molecule has 1 aromatic carbocycles. The van der Waals surface area contributed by atoms with Gasteiger partial charge in [0.2, 0.25) is 11.8 Å². The number of carbonyl (C=O) groups is 1. The molecule has 2 aromatic rings. The molecule has 0 aliphatic carbocycles. The van der Waals surface area contributed by atoms with E-state index >= 15 is 0 Å². The monoisotopic (exact) mass is 322 g/mol. The summed E-state index contributed by atoms with van der Waals surface area (Å²) in [5.41, 5.74) is 4.93. The van der Waals surface area contributed by atoms with Gasteiger partial charge >= 0.3 is 6.09 Å². The summed E-state index contributed by atoms with van der Waals surface area (Å²) in [5, 5.41) is 3.34. The highest BCUT2D eigenvalue weighted by molar-refractivity contribution is 6.31. The van der Waals surface area contributed by atoms with Crippen molar-refractivity contribution in [3.8, 4) is 17.4 Å². The van der Waals surface area contributed by atoms with E-state index in [1.54, 1.807) is 24.3 Å². The number of carbonyl (C=O) groups excluding carboxylic acids is 1. The van der Waals surface area contributed by atoms with E-state index in [1.165, 1.54) is 6.20 Å². The first-order valence-corrected chi connectivity index (χ1v) is 6.86. The van der Waals surface area contributed by atoms with Gasteiger partial charge in [-0.3, -0.25) is 0 Å². The minimum atomic E-state index is -0.878. The fourth-order valence-corrected chi connectivity index (χ4v) is 1.68. The van der Waals surface area contributed by atoms with Crippen molar-refractivity contribution in [3.63, 3.8) is 0 Å². The van der Waals surface area contributed by atoms with Crippen LogP contribution in [-0.2, 0) is 0 Å². The normalized spacial score (nSPS) is 10.4. The molecular weight excluding hydrogens is 308 g/mol. The molecule has 0 unspecified atom stereocenters. The van der Waals surface area contributed by atoms with Crippen molar-refractivity contribution in [2.45, 2.75) is 19.9 Å². The second-order valence-corrected chi connectivity index (χ2v) is 5.05. The average molecular weight is 323 g/mol. The van der Waals surface area contributed by atoms with Crippen molar-refractivity contribution < 1.29 is 14.3 Å². The SMILES string of the molecule is CC(C)Nc1ncc(Cl)c(Oc2ccc(OC(N)=O)cc2)n1. The quantitative estimate of drug-likeness (QED) is 0.877. The smallest absolute Gasteiger partial charge is 0.409 e. The largest absolute Gasteiger partial charge is 0.437 e. The third kappa shape index (κ3) is 4.49. The Morgan fingerprint density at radius 2 is 1.91 bits per heavy atom. The highest BCUT2D eigenvalue weighted by Gasteiger charge is 2.09. The summed E-state index contributed by atoms with van der Waals surface area (Å²) in [6.45, 7) is 3.94. The van der Waals surface area contributed by atoms with Gasteiger partial charge in [-0.15, -0.1) is 0 Å². The van der Waals surface area contributed by atoms with Gasteiger partial charge in [-0.05, 0) is 38.1 Å². The van der Waals surface area contributed by atoms with Crippen LogP contribution in [-0.4, -0.2) is 22.1 Å². The van der Waals surface area contributed by atoms with Crippen LogP contribution in [0.25, 0.3) is 0 Å². The van der Waals surface area contributed by atoms with Crippen LogP contribution in [0.4, 0.5) is 10.7 Å². The maximum Gasteiger partial charge on any atom is 0.409 e. The number of nitrogens with two attached hydrogens (primary N) is 1. The summed E-state index contributed by atoms with van der Waals surface area (Å²) >= 11 is 6.02. The van der Waals surface area contributed by atoms with Crippen LogP contribution in [0, 0.1) is 0 Å². The van der Waals surface area contributed by atoms with Crippen molar-refractivity contribution in [2.24, 2.45) is 5.73 Å². The molecule has 2 rings (SSSR count). The lowest BCUT2D eigenvalue weighted by atomic mass is 10.3. The Morgan fingerprint density at radius 1 is 1.27 bits per heavy atom. The molecule has 0 aliphatic heterocycles. The van der Waals surface area contributed by atoms with Gasteiger partial charge in [0.05, 0.1) is 6.20 Å². The molecule has 0 saturated heterocycles. The molecule has 1 heterocycles. The number of hydrogen-bond acceptors (Lipinski definition) is 6. The van der Waals surface area contributed by atoms with Gasteiger partial charge in [0.1, 0.15) is 16.5 Å². The van der Waals surface area contributed by atoms with E-state index in [2.05, 4.69) is 15.3 Å². The van der Waals surface area contributed by atoms with E-state index < -0.39 is 6.09 Å². The molecule has 8 heteroatoms. The molecule has 0 bridgehead atoms. The zero-order valence-corrected chi connectivity index (χ0v) is 12.8. The molecule has 0 fully saturated rings. The van der Waals surface area contributed by atoms with Crippen molar-refractivity contribution >= 4 is 23.6 Å². The summed E-state index contributed by atoms with van der Waals surface area (Å²) in [6.07, 6.45) is 0.580. The Bertz CT molecular complexity index is 662. The number of rotatable bonds is 5. The van der Waals surface area contributed by atoms with Crippen LogP contribution in [0.3, 0.4) is 0 Å². The van der Waals surface area contributed by atoms with Gasteiger partial charge in [-0.25, -0.2) is 9.78 Å². The Labute approximate surface area is 132 Å². The summed E-state index contributed by atoms with van der Waals surface area (Å²) in [4.78, 5) is 18.9. The highest BCUT2D eigenvalue weighted by Crippen LogP contribution is 2.28. The van der Waals surface area contributed by atoms with Crippen molar-refractivity contribution in [1.29, 1.82) is 0 Å². The second kappa shape index (κ2) is 6.95. The van der Waals surface area contributed by atoms with Gasteiger partial charge in [-0.1, -0.05) is 11.6 Å². The average Bonchev–Trinajstić information content (AvgIpc) is 2.43. The molecule has 0 spiro atoms. The number of amides is 1. The van der Waals surface area contributed by atoms with Gasteiger partial charge in [0, 0.05) is 6.04 Å². The van der Waals surface area contributed by atoms with Crippen molar-refractivity contribution in [2.75, 3.05) is 5.32 Å². The van der Waals surface area contributed by atoms with Crippen molar-refractivity contribution in [1.82, 2.24) is 9.97 Å². The number of nitrogens with one attached hydrogen (secondary N) is 1. The van der Waals surface area contributed by atoms with Gasteiger partial charge in [0.25, 0.3) is 0 Å². The minimum absolute atomic E-state index is 0.180. The van der Waals surface area contributed by atoms with E-state index in [0.717, 1.165) is 0 Å². The maximum atomic E-state index is 10.6. The molecule has 0 atom stereocenters. The Kier molecular flexibility index (Phi) is 5.00. The first-order chi connectivity index (χ1) is 10.4. The standard InChI is InChI=1S/C14H15ClN4O3/c1-8(2)18-14-17-7-11(15)12(19-14)21-9-3-5-10(6-4-9)22-13(16)20/h3-8H,1-2H3,(H2,16,20)(H,17,18,19). The summed E-state index contributed by atoms with van der Waals surface area (Å²) in [6, 6.07) is 6.47. The molecular formula is C14H15ClN4O3. The van der Waals surface area contributed by atoms with Gasteiger partial charge < -0.3 is 20.5 Å². The van der Waals surface area contributed by atoms with Crippen LogP contribution in [0.2, 0.25) is 5.02 Å². The van der Waals surface area contributed by atoms with Crippen LogP contribution in [0.1, 0.15) is 13.8 Å². The Hall–Kier alpha value is -2.54. The molecule has 7 nitrogen and oxygen atoms in total. The molecule has 22 heavy (non-hydrogen) atoms. The Morgan fingerprint density at radius 3 is 2.50 bits per heavy atom. The van der Waals surface area contributed by atoms with Crippen LogP contribution < -0.4 is 20.5 Å². The lowest BCUT2D eigenvalue weighted by Gasteiger charge is -2.11. The molecule has 3 N–H and O–H groups in total. The number of primary amides is 1. The predicted molar refractivity (Wildman–Crippen MR) is 82.5 cm³/mol. The van der Waals surface area contributed by atoms with Crippen LogP contribution >= 0.6 is 11.6 Å². The molecule has 116 valence electrons. The predicted octanol–water partition coefficient (Wildman–Crippen LogP) is 3.20. The third-order valence-corrected chi connectivity index (χ3v) is 2.65. The number of benzene rings is 1. The lowest BCUT2D eigenvalue weighted by molar-refractivity contribution is 0.211. The third-order valence-electron chi connectivity index (χ3n) is 2.39. The number of halogens is 1. The van der Waals surface area contributed by atoms with E-state index in [1.807, 2.05) is 13.8 Å². The molecule has 1 aromatic heterocycles. The van der Waals surface area contributed by atoms with E-state index in [4.69, 9.17) is 26.8 Å². The summed E-state index contributed by atoms with van der Waals surface area (Å²) < 4.78 is 10.3. The molecule has 1 amide bonds. The van der Waals surface area contributed by atoms with E-state index in [0.29, 0.717) is 17.4 Å². The molecule has 0 aliphatic rings. The topological polar surface area (TPSA) is 99.4 Å². The number of hydrogen-bond donors (Lipinski definition) is 2. The zero-order chi connectivity index (χ0) is 16.1. The fourth-order valence-electron chi connectivity index (χ4n) is 1.55. The first kappa shape index (κ1) is 15.8. The lowest BCUT2D eigenvalue weighted by Crippen LogP contribution is -2.16. The van der Waals surface area contributed by atoms with E-state index in [9.17, 15) is 4.79 Å². The number of nitrogens with zero attached hydrogens (tertiary/aromatic N) is 2. The number of ether oxygens (including phenoxy) is 2.